The van der Waals surface area contributed by atoms with Crippen molar-refractivity contribution in [3.63, 3.8) is 0 Å². The number of fused-ring (bicyclic) bond motifs is 1. The average Bonchev–Trinajstić information content (AvgIpc) is 2.83. The van der Waals surface area contributed by atoms with Crippen LogP contribution in [0.15, 0.2) is 37.1 Å². The number of aryl methyl sites for hydroxylation is 1. The van der Waals surface area contributed by atoms with Crippen molar-refractivity contribution >= 4 is 22.7 Å². The Kier molecular flexibility index (Phi) is 4.03. The van der Waals surface area contributed by atoms with Gasteiger partial charge in [-0.25, -0.2) is 4.79 Å². The van der Waals surface area contributed by atoms with E-state index in [1.165, 1.54) is 14.0 Å². The van der Waals surface area contributed by atoms with Crippen LogP contribution in [0.2, 0.25) is 0 Å². The largest absolute Gasteiger partial charge is 0.465 e. The van der Waals surface area contributed by atoms with Gasteiger partial charge in [-0.15, -0.1) is 6.58 Å². The number of Topliss-reactive ketones (excluding diaryl/α,β-unsaturated/α-hetero) is 1. The minimum atomic E-state index is -0.431. The van der Waals surface area contributed by atoms with Gasteiger partial charge in [-0.05, 0) is 25.5 Å². The molecular weight excluding hydrogens is 254 g/mol. The van der Waals surface area contributed by atoms with Crippen molar-refractivity contribution in [3.05, 3.63) is 48.2 Å². The van der Waals surface area contributed by atoms with Crippen LogP contribution in [0.1, 0.15) is 34.1 Å². The maximum atomic E-state index is 11.9. The molecule has 0 saturated heterocycles. The van der Waals surface area contributed by atoms with Gasteiger partial charge in [0.25, 0.3) is 0 Å². The van der Waals surface area contributed by atoms with Crippen LogP contribution in [0.4, 0.5) is 0 Å². The molecule has 4 heteroatoms. The number of aromatic nitrogens is 1. The van der Waals surface area contributed by atoms with Crippen LogP contribution < -0.4 is 0 Å². The smallest absolute Gasteiger partial charge is 0.338 e. The number of nitrogens with zero attached hydrogens (tertiary/aromatic N) is 1. The van der Waals surface area contributed by atoms with E-state index in [1.807, 2.05) is 16.7 Å². The van der Waals surface area contributed by atoms with Crippen LogP contribution in [0.5, 0.6) is 0 Å². The first-order valence-electron chi connectivity index (χ1n) is 6.42. The van der Waals surface area contributed by atoms with E-state index in [0.717, 1.165) is 18.5 Å². The maximum Gasteiger partial charge on any atom is 0.338 e. The maximum absolute atomic E-state index is 11.9. The zero-order valence-corrected chi connectivity index (χ0v) is 11.7. The quantitative estimate of drug-likeness (QED) is 0.476. The molecule has 0 unspecified atom stereocenters. The molecule has 1 heterocycles. The third-order valence-corrected chi connectivity index (χ3v) is 3.26. The number of methoxy groups -OCH3 is 1. The number of carbonyl (C=O) groups excluding carboxylic acids is 2. The molecule has 104 valence electrons. The Morgan fingerprint density at radius 3 is 2.70 bits per heavy atom. The van der Waals surface area contributed by atoms with Crippen LogP contribution in [0, 0.1) is 0 Å². The molecule has 1 aromatic carbocycles. The van der Waals surface area contributed by atoms with Gasteiger partial charge in [0.05, 0.1) is 12.7 Å². The van der Waals surface area contributed by atoms with E-state index in [0.29, 0.717) is 16.5 Å². The van der Waals surface area contributed by atoms with Crippen molar-refractivity contribution in [1.29, 1.82) is 0 Å². The predicted octanol–water partition coefficient (Wildman–Crippen LogP) is 3.21. The van der Waals surface area contributed by atoms with E-state index in [2.05, 4.69) is 6.58 Å². The van der Waals surface area contributed by atoms with Gasteiger partial charge < -0.3 is 9.30 Å². The van der Waals surface area contributed by atoms with Crippen LogP contribution >= 0.6 is 0 Å². The SMILES string of the molecule is C=CCCn1cc(C(C)=O)c2c(C(=O)OC)cccc21. The molecule has 20 heavy (non-hydrogen) atoms. The van der Waals surface area contributed by atoms with Gasteiger partial charge >= 0.3 is 5.97 Å². The lowest BCUT2D eigenvalue weighted by atomic mass is 10.0. The molecule has 0 fully saturated rings. The lowest BCUT2D eigenvalue weighted by Gasteiger charge is -2.05. The van der Waals surface area contributed by atoms with Crippen molar-refractivity contribution in [1.82, 2.24) is 4.57 Å². The van der Waals surface area contributed by atoms with Crippen molar-refractivity contribution in [2.24, 2.45) is 0 Å². The third-order valence-electron chi connectivity index (χ3n) is 3.26. The predicted molar refractivity (Wildman–Crippen MR) is 78.1 cm³/mol. The monoisotopic (exact) mass is 271 g/mol. The Hall–Kier alpha value is -2.36. The molecule has 1 aromatic heterocycles. The van der Waals surface area contributed by atoms with E-state index in [-0.39, 0.29) is 5.78 Å². The second kappa shape index (κ2) is 5.74. The summed E-state index contributed by atoms with van der Waals surface area (Å²) in [6.45, 7) is 5.92. The number of ether oxygens (including phenoxy) is 1. The first kappa shape index (κ1) is 14.1. The zero-order chi connectivity index (χ0) is 14.7. The van der Waals surface area contributed by atoms with Crippen LogP contribution in [-0.4, -0.2) is 23.4 Å². The summed E-state index contributed by atoms with van der Waals surface area (Å²) in [7, 11) is 1.34. The Balaban J connectivity index is 2.72. The summed E-state index contributed by atoms with van der Waals surface area (Å²) in [5.74, 6) is -0.497. The van der Waals surface area contributed by atoms with Crippen molar-refractivity contribution in [2.75, 3.05) is 7.11 Å². The van der Waals surface area contributed by atoms with Crippen molar-refractivity contribution < 1.29 is 14.3 Å². The summed E-state index contributed by atoms with van der Waals surface area (Å²) >= 11 is 0. The summed E-state index contributed by atoms with van der Waals surface area (Å²) in [5.41, 5.74) is 1.83. The van der Waals surface area contributed by atoms with Gasteiger partial charge in [-0.2, -0.15) is 0 Å². The van der Waals surface area contributed by atoms with Gasteiger partial charge in [-0.3, -0.25) is 4.79 Å². The van der Waals surface area contributed by atoms with E-state index in [1.54, 1.807) is 18.3 Å². The third kappa shape index (κ3) is 2.37. The first-order valence-corrected chi connectivity index (χ1v) is 6.42. The molecule has 2 rings (SSSR count). The summed E-state index contributed by atoms with van der Waals surface area (Å²) in [6.07, 6.45) is 4.41. The summed E-state index contributed by atoms with van der Waals surface area (Å²) in [6, 6.07) is 5.37. The topological polar surface area (TPSA) is 48.3 Å². The molecule has 0 aliphatic rings. The number of esters is 1. The van der Waals surface area contributed by atoms with E-state index >= 15 is 0 Å². The van der Waals surface area contributed by atoms with Crippen LogP contribution in [-0.2, 0) is 11.3 Å². The van der Waals surface area contributed by atoms with Gasteiger partial charge in [0.15, 0.2) is 5.78 Å². The summed E-state index contributed by atoms with van der Waals surface area (Å²) in [4.78, 5) is 23.7. The number of allylic oxidation sites excluding steroid dienone is 1. The normalized spacial score (nSPS) is 10.5. The van der Waals surface area contributed by atoms with Gasteiger partial charge in [0.2, 0.25) is 0 Å². The molecule has 0 atom stereocenters. The van der Waals surface area contributed by atoms with Crippen LogP contribution in [0.25, 0.3) is 10.9 Å². The Morgan fingerprint density at radius 1 is 1.35 bits per heavy atom. The Morgan fingerprint density at radius 2 is 2.10 bits per heavy atom. The molecular formula is C16H17NO3. The summed E-state index contributed by atoms with van der Waals surface area (Å²) in [5, 5.41) is 0.663. The first-order chi connectivity index (χ1) is 9.60. The molecule has 0 aliphatic carbocycles. The van der Waals surface area contributed by atoms with E-state index in [4.69, 9.17) is 4.74 Å². The van der Waals surface area contributed by atoms with Gasteiger partial charge in [0.1, 0.15) is 0 Å². The lowest BCUT2D eigenvalue weighted by molar-refractivity contribution is 0.0603. The summed E-state index contributed by atoms with van der Waals surface area (Å²) < 4.78 is 6.77. The Bertz CT molecular complexity index is 682. The number of hydrogen-bond donors (Lipinski definition) is 0. The Labute approximate surface area is 117 Å². The standard InChI is InChI=1S/C16H17NO3/c1-4-5-9-17-10-13(11(2)18)15-12(16(19)20-3)7-6-8-14(15)17/h4,6-8,10H,1,5,9H2,2-3H3. The van der Waals surface area contributed by atoms with Crippen molar-refractivity contribution in [2.45, 2.75) is 19.9 Å². The molecule has 0 saturated carbocycles. The van der Waals surface area contributed by atoms with Gasteiger partial charge in [0, 0.05) is 29.2 Å². The number of benzene rings is 1. The number of rotatable bonds is 5. The molecule has 2 aromatic rings. The molecule has 4 nitrogen and oxygen atoms in total. The van der Waals surface area contributed by atoms with Crippen molar-refractivity contribution in [3.8, 4) is 0 Å². The van der Waals surface area contributed by atoms with Gasteiger partial charge in [-0.1, -0.05) is 12.1 Å². The highest BCUT2D eigenvalue weighted by molar-refractivity contribution is 6.14. The van der Waals surface area contributed by atoms with Crippen LogP contribution in [0.3, 0.4) is 0 Å². The minimum absolute atomic E-state index is 0.0660. The average molecular weight is 271 g/mol. The fourth-order valence-corrected chi connectivity index (χ4v) is 2.31. The molecule has 0 radical (unpaired) electrons. The lowest BCUT2D eigenvalue weighted by Crippen LogP contribution is -2.03. The molecule has 0 N–H and O–H groups in total. The minimum Gasteiger partial charge on any atom is -0.465 e. The number of hydrogen-bond acceptors (Lipinski definition) is 3. The van der Waals surface area contributed by atoms with E-state index < -0.39 is 5.97 Å². The molecule has 0 amide bonds. The fourth-order valence-electron chi connectivity index (χ4n) is 2.31. The fraction of sp³-hybridized carbons (Fsp3) is 0.250. The molecule has 0 spiro atoms. The highest BCUT2D eigenvalue weighted by Crippen LogP contribution is 2.26. The van der Waals surface area contributed by atoms with E-state index in [9.17, 15) is 9.59 Å². The molecule has 0 aliphatic heterocycles. The second-order valence-corrected chi connectivity index (χ2v) is 4.56. The molecule has 0 bridgehead atoms. The highest BCUT2D eigenvalue weighted by Gasteiger charge is 2.19. The zero-order valence-electron chi connectivity index (χ0n) is 11.7. The highest BCUT2D eigenvalue weighted by atomic mass is 16.5. The number of ketones is 1. The second-order valence-electron chi connectivity index (χ2n) is 4.56. The number of carbonyl (C=O) groups is 2.